The molecule has 144 valence electrons. The lowest BCUT2D eigenvalue weighted by atomic mass is 10.1. The van der Waals surface area contributed by atoms with Crippen LogP contribution in [-0.4, -0.2) is 46.0 Å². The standard InChI is InChI=1S/C21H21N3O3S/c1-14-7-8-18(15(2)13-14)24-19(25)16-5-3-4-6-17(16)22-20(24)28-12-10-23-9-11-27-21(23)26/h3-8,13H,9-12H2,1-2H3. The molecule has 1 fully saturated rings. The quantitative estimate of drug-likeness (QED) is 0.488. The molecule has 4 rings (SSSR count). The molecule has 0 aliphatic carbocycles. The number of aryl methyl sites for hydroxylation is 2. The Morgan fingerprint density at radius 2 is 1.96 bits per heavy atom. The summed E-state index contributed by atoms with van der Waals surface area (Å²) in [5.41, 5.74) is 3.59. The highest BCUT2D eigenvalue weighted by atomic mass is 32.2. The average Bonchev–Trinajstić information content (AvgIpc) is 3.08. The molecule has 1 aliphatic rings. The molecule has 0 N–H and O–H groups in total. The predicted molar refractivity (Wildman–Crippen MR) is 110 cm³/mol. The number of hydrogen-bond acceptors (Lipinski definition) is 5. The van der Waals surface area contributed by atoms with Gasteiger partial charge in [-0.25, -0.2) is 9.78 Å². The number of carbonyl (C=O) groups is 1. The van der Waals surface area contributed by atoms with Crippen LogP contribution in [0.25, 0.3) is 16.6 Å². The van der Waals surface area contributed by atoms with Crippen molar-refractivity contribution in [2.24, 2.45) is 0 Å². The van der Waals surface area contributed by atoms with Crippen LogP contribution in [-0.2, 0) is 4.74 Å². The highest BCUT2D eigenvalue weighted by molar-refractivity contribution is 7.99. The van der Waals surface area contributed by atoms with Crippen LogP contribution in [0.3, 0.4) is 0 Å². The first-order valence-corrected chi connectivity index (χ1v) is 10.2. The largest absolute Gasteiger partial charge is 0.448 e. The second kappa shape index (κ2) is 7.67. The molecule has 0 saturated carbocycles. The van der Waals surface area contributed by atoms with Crippen LogP contribution >= 0.6 is 11.8 Å². The Kier molecular flexibility index (Phi) is 5.09. The van der Waals surface area contributed by atoms with Crippen molar-refractivity contribution >= 4 is 28.8 Å². The molecule has 6 nitrogen and oxygen atoms in total. The number of carbonyl (C=O) groups excluding carboxylic acids is 1. The van der Waals surface area contributed by atoms with Crippen molar-refractivity contribution < 1.29 is 9.53 Å². The molecule has 0 unspecified atom stereocenters. The second-order valence-electron chi connectivity index (χ2n) is 6.79. The monoisotopic (exact) mass is 395 g/mol. The summed E-state index contributed by atoms with van der Waals surface area (Å²) in [4.78, 5) is 31.3. The normalized spacial score (nSPS) is 13.9. The van der Waals surface area contributed by atoms with E-state index < -0.39 is 0 Å². The van der Waals surface area contributed by atoms with Crippen LogP contribution in [0.1, 0.15) is 11.1 Å². The minimum absolute atomic E-state index is 0.0827. The first-order chi connectivity index (χ1) is 13.5. The van der Waals surface area contributed by atoms with Crippen molar-refractivity contribution in [2.45, 2.75) is 19.0 Å². The fourth-order valence-electron chi connectivity index (χ4n) is 3.35. The van der Waals surface area contributed by atoms with Crippen LogP contribution in [0.15, 0.2) is 52.4 Å². The highest BCUT2D eigenvalue weighted by Crippen LogP contribution is 2.24. The molecule has 2 heterocycles. The van der Waals surface area contributed by atoms with Gasteiger partial charge in [0.15, 0.2) is 5.16 Å². The molecule has 1 aliphatic heterocycles. The molecule has 1 saturated heterocycles. The van der Waals surface area contributed by atoms with E-state index in [2.05, 4.69) is 6.07 Å². The number of aromatic nitrogens is 2. The first-order valence-electron chi connectivity index (χ1n) is 9.18. The molecule has 2 aromatic carbocycles. The Balaban J connectivity index is 1.75. The zero-order chi connectivity index (χ0) is 19.7. The third kappa shape index (κ3) is 3.49. The number of para-hydroxylation sites is 1. The molecule has 1 amide bonds. The lowest BCUT2D eigenvalue weighted by molar-refractivity contribution is 0.160. The van der Waals surface area contributed by atoms with E-state index in [0.29, 0.717) is 41.5 Å². The summed E-state index contributed by atoms with van der Waals surface area (Å²) >= 11 is 1.48. The summed E-state index contributed by atoms with van der Waals surface area (Å²) in [6, 6.07) is 13.4. The Hall–Kier alpha value is -2.80. The van der Waals surface area contributed by atoms with E-state index >= 15 is 0 Å². The van der Waals surface area contributed by atoms with Crippen molar-refractivity contribution in [3.05, 3.63) is 63.9 Å². The Bertz CT molecular complexity index is 1110. The Morgan fingerprint density at radius 3 is 2.71 bits per heavy atom. The molecule has 3 aromatic rings. The molecule has 0 spiro atoms. The summed E-state index contributed by atoms with van der Waals surface area (Å²) in [6.45, 7) is 5.63. The summed E-state index contributed by atoms with van der Waals surface area (Å²) in [5, 5.41) is 1.22. The molecular formula is C21H21N3O3S. The van der Waals surface area contributed by atoms with Crippen LogP contribution in [0.5, 0.6) is 0 Å². The van der Waals surface area contributed by atoms with Gasteiger partial charge >= 0.3 is 6.09 Å². The number of hydrogen-bond donors (Lipinski definition) is 0. The summed E-state index contributed by atoms with van der Waals surface area (Å²) in [7, 11) is 0. The van der Waals surface area contributed by atoms with Gasteiger partial charge in [0.05, 0.1) is 23.1 Å². The molecular weight excluding hydrogens is 374 g/mol. The van der Waals surface area contributed by atoms with Crippen molar-refractivity contribution in [1.82, 2.24) is 14.5 Å². The highest BCUT2D eigenvalue weighted by Gasteiger charge is 2.22. The molecule has 0 bridgehead atoms. The van der Waals surface area contributed by atoms with Crippen molar-refractivity contribution in [3.8, 4) is 5.69 Å². The SMILES string of the molecule is Cc1ccc(-n2c(SCCN3CCOC3=O)nc3ccccc3c2=O)c(C)c1. The van der Waals surface area contributed by atoms with Gasteiger partial charge in [0.25, 0.3) is 5.56 Å². The number of ether oxygens (including phenoxy) is 1. The third-order valence-corrected chi connectivity index (χ3v) is 5.69. The van der Waals surface area contributed by atoms with Crippen LogP contribution in [0.2, 0.25) is 0 Å². The molecule has 28 heavy (non-hydrogen) atoms. The minimum atomic E-state index is -0.279. The minimum Gasteiger partial charge on any atom is -0.448 e. The maximum absolute atomic E-state index is 13.3. The molecule has 1 aromatic heterocycles. The van der Waals surface area contributed by atoms with E-state index in [-0.39, 0.29) is 11.7 Å². The summed E-state index contributed by atoms with van der Waals surface area (Å²) in [5.74, 6) is 0.630. The van der Waals surface area contributed by atoms with Crippen LogP contribution in [0.4, 0.5) is 4.79 Å². The van der Waals surface area contributed by atoms with Gasteiger partial charge < -0.3 is 9.64 Å². The Morgan fingerprint density at radius 1 is 1.14 bits per heavy atom. The van der Waals surface area contributed by atoms with E-state index in [1.807, 2.05) is 44.2 Å². The maximum Gasteiger partial charge on any atom is 0.409 e. The van der Waals surface area contributed by atoms with E-state index in [1.54, 1.807) is 15.5 Å². The fourth-order valence-corrected chi connectivity index (χ4v) is 4.32. The molecule has 0 radical (unpaired) electrons. The van der Waals surface area contributed by atoms with E-state index in [0.717, 1.165) is 16.8 Å². The number of nitrogens with zero attached hydrogens (tertiary/aromatic N) is 3. The zero-order valence-corrected chi connectivity index (χ0v) is 16.7. The first kappa shape index (κ1) is 18.6. The van der Waals surface area contributed by atoms with Gasteiger partial charge in [-0.1, -0.05) is 41.6 Å². The van der Waals surface area contributed by atoms with Gasteiger partial charge in [0, 0.05) is 12.3 Å². The number of benzene rings is 2. The van der Waals surface area contributed by atoms with Crippen LogP contribution in [0, 0.1) is 13.8 Å². The zero-order valence-electron chi connectivity index (χ0n) is 15.8. The van der Waals surface area contributed by atoms with Gasteiger partial charge in [-0.3, -0.25) is 9.36 Å². The second-order valence-corrected chi connectivity index (χ2v) is 7.85. The number of amides is 1. The van der Waals surface area contributed by atoms with E-state index in [4.69, 9.17) is 9.72 Å². The van der Waals surface area contributed by atoms with E-state index in [1.165, 1.54) is 11.8 Å². The van der Waals surface area contributed by atoms with Crippen molar-refractivity contribution in [1.29, 1.82) is 0 Å². The van der Waals surface area contributed by atoms with Gasteiger partial charge in [-0.05, 0) is 37.6 Å². The summed E-state index contributed by atoms with van der Waals surface area (Å²) < 4.78 is 6.66. The topological polar surface area (TPSA) is 64.4 Å². The Labute approximate surface area is 167 Å². The maximum atomic E-state index is 13.3. The average molecular weight is 395 g/mol. The molecule has 7 heteroatoms. The van der Waals surface area contributed by atoms with Crippen molar-refractivity contribution in [3.63, 3.8) is 0 Å². The number of cyclic esters (lactones) is 1. The number of rotatable bonds is 5. The van der Waals surface area contributed by atoms with Gasteiger partial charge in [-0.2, -0.15) is 0 Å². The van der Waals surface area contributed by atoms with Crippen LogP contribution < -0.4 is 5.56 Å². The molecule has 0 atom stereocenters. The number of fused-ring (bicyclic) bond motifs is 1. The lowest BCUT2D eigenvalue weighted by Gasteiger charge is -2.17. The van der Waals surface area contributed by atoms with Gasteiger partial charge in [0.2, 0.25) is 0 Å². The van der Waals surface area contributed by atoms with E-state index in [9.17, 15) is 9.59 Å². The lowest BCUT2D eigenvalue weighted by Crippen LogP contribution is -2.27. The third-order valence-electron chi connectivity index (χ3n) is 4.78. The predicted octanol–water partition coefficient (Wildman–Crippen LogP) is 3.55. The fraction of sp³-hybridized carbons (Fsp3) is 0.286. The van der Waals surface area contributed by atoms with Crippen molar-refractivity contribution in [2.75, 3.05) is 25.4 Å². The smallest absolute Gasteiger partial charge is 0.409 e. The van der Waals surface area contributed by atoms with Gasteiger partial charge in [0.1, 0.15) is 6.61 Å². The number of thioether (sulfide) groups is 1. The summed E-state index contributed by atoms with van der Waals surface area (Å²) in [6.07, 6.45) is -0.279. The van der Waals surface area contributed by atoms with Gasteiger partial charge in [-0.15, -0.1) is 0 Å².